The molecule has 30 heavy (non-hydrogen) atoms. The molecule has 0 radical (unpaired) electrons. The minimum absolute atomic E-state index is 0.198. The van der Waals surface area contributed by atoms with E-state index in [-0.39, 0.29) is 5.82 Å². The Balaban J connectivity index is 1.31. The molecule has 2 aromatic carbocycles. The molecule has 3 nitrogen and oxygen atoms in total. The zero-order valence-electron chi connectivity index (χ0n) is 16.6. The van der Waals surface area contributed by atoms with Crippen LogP contribution in [-0.2, 0) is 6.42 Å². The maximum absolute atomic E-state index is 13.5. The molecule has 1 saturated carbocycles. The number of fused-ring (bicyclic) bond motifs is 1. The Kier molecular flexibility index (Phi) is 5.30. The predicted octanol–water partition coefficient (Wildman–Crippen LogP) is 6.10. The first kappa shape index (κ1) is 19.3. The number of rotatable bonds is 6. The fraction of sp³-hybridized carbons (Fsp3) is 0.280. The predicted molar refractivity (Wildman–Crippen MR) is 118 cm³/mol. The molecule has 3 atom stereocenters. The maximum Gasteiger partial charge on any atom is 0.152 e. The minimum Gasteiger partial charge on any atom is -0.380 e. The van der Waals surface area contributed by atoms with Crippen LogP contribution in [-0.4, -0.2) is 17.3 Å². The highest BCUT2D eigenvalue weighted by Crippen LogP contribution is 2.50. The molecule has 2 aliphatic carbocycles. The largest absolute Gasteiger partial charge is 0.380 e. The molecule has 0 saturated heterocycles. The highest BCUT2D eigenvalue weighted by Gasteiger charge is 2.44. The summed E-state index contributed by atoms with van der Waals surface area (Å²) in [7, 11) is 0. The second kappa shape index (κ2) is 8.23. The molecule has 1 fully saturated rings. The fourth-order valence-electron chi connectivity index (χ4n) is 4.66. The van der Waals surface area contributed by atoms with Gasteiger partial charge in [0.25, 0.3) is 0 Å². The van der Waals surface area contributed by atoms with Crippen LogP contribution in [0.15, 0.2) is 70.7 Å². The van der Waals surface area contributed by atoms with E-state index in [1.54, 1.807) is 42.4 Å². The second-order valence-electron chi connectivity index (χ2n) is 8.15. The van der Waals surface area contributed by atoms with Gasteiger partial charge in [-0.25, -0.2) is 4.39 Å². The van der Waals surface area contributed by atoms with Gasteiger partial charge in [0.1, 0.15) is 5.82 Å². The van der Waals surface area contributed by atoms with Crippen LogP contribution in [0.3, 0.4) is 0 Å². The van der Waals surface area contributed by atoms with Crippen LogP contribution >= 0.6 is 11.8 Å². The molecule has 2 aliphatic rings. The number of hydrogen-bond donors (Lipinski definition) is 1. The van der Waals surface area contributed by atoms with Crippen molar-refractivity contribution in [3.05, 3.63) is 83.4 Å². The number of halogens is 1. The molecule has 1 aromatic heterocycles. The zero-order valence-corrected chi connectivity index (χ0v) is 17.4. The van der Waals surface area contributed by atoms with E-state index < -0.39 is 0 Å². The smallest absolute Gasteiger partial charge is 0.152 e. The molecule has 0 amide bonds. The number of pyridine rings is 1. The minimum atomic E-state index is -0.198. The lowest BCUT2D eigenvalue weighted by Gasteiger charge is -2.26. The number of aldehydes is 1. The molecule has 152 valence electrons. The van der Waals surface area contributed by atoms with Crippen molar-refractivity contribution in [1.82, 2.24) is 4.98 Å². The number of benzene rings is 2. The van der Waals surface area contributed by atoms with E-state index >= 15 is 0 Å². The van der Waals surface area contributed by atoms with Gasteiger partial charge in [-0.05, 0) is 85.0 Å². The number of nitrogens with zero attached hydrogens (tertiary/aromatic N) is 1. The number of nitrogens with one attached hydrogen (secondary N) is 1. The Hall–Kier alpha value is -2.66. The van der Waals surface area contributed by atoms with Crippen molar-refractivity contribution in [2.45, 2.75) is 47.4 Å². The summed E-state index contributed by atoms with van der Waals surface area (Å²) in [6.07, 6.45) is 8.90. The quantitative estimate of drug-likeness (QED) is 0.491. The van der Waals surface area contributed by atoms with Crippen molar-refractivity contribution in [2.24, 2.45) is 5.92 Å². The van der Waals surface area contributed by atoms with Crippen molar-refractivity contribution in [1.29, 1.82) is 0 Å². The number of hydrogen-bond acceptors (Lipinski definition) is 4. The van der Waals surface area contributed by atoms with Crippen LogP contribution in [0.1, 0.15) is 46.7 Å². The summed E-state index contributed by atoms with van der Waals surface area (Å²) in [5.41, 5.74) is 4.38. The lowest BCUT2D eigenvalue weighted by Crippen LogP contribution is -2.16. The molecule has 1 N–H and O–H groups in total. The Bertz CT molecular complexity index is 1090. The van der Waals surface area contributed by atoms with Gasteiger partial charge in [0, 0.05) is 27.6 Å². The van der Waals surface area contributed by atoms with Gasteiger partial charge in [-0.2, -0.15) is 0 Å². The summed E-state index contributed by atoms with van der Waals surface area (Å²) in [4.78, 5) is 17.5. The summed E-state index contributed by atoms with van der Waals surface area (Å²) < 4.78 is 13.5. The fourth-order valence-corrected chi connectivity index (χ4v) is 5.58. The van der Waals surface area contributed by atoms with Crippen LogP contribution in [0, 0.1) is 11.7 Å². The van der Waals surface area contributed by atoms with Gasteiger partial charge in [-0.3, -0.25) is 9.78 Å². The van der Waals surface area contributed by atoms with Crippen LogP contribution in [0.25, 0.3) is 0 Å². The maximum atomic E-state index is 13.5. The third-order valence-corrected chi connectivity index (χ3v) is 7.17. The molecule has 0 bridgehead atoms. The van der Waals surface area contributed by atoms with Gasteiger partial charge in [0.15, 0.2) is 6.29 Å². The molecule has 1 heterocycles. The SMILES string of the molecule is O=Cc1ccncc1NC1C[C@@H]1C1CCCc2cc(Sc3cccc(F)c3)ccc21. The Morgan fingerprint density at radius 1 is 1.13 bits per heavy atom. The van der Waals surface area contributed by atoms with Crippen LogP contribution in [0.2, 0.25) is 0 Å². The van der Waals surface area contributed by atoms with E-state index in [0.717, 1.165) is 34.6 Å². The summed E-state index contributed by atoms with van der Waals surface area (Å²) in [6, 6.07) is 15.6. The van der Waals surface area contributed by atoms with Crippen LogP contribution in [0.4, 0.5) is 10.1 Å². The van der Waals surface area contributed by atoms with E-state index in [9.17, 15) is 9.18 Å². The molecule has 5 rings (SSSR count). The molecule has 5 heteroatoms. The lowest BCUT2D eigenvalue weighted by molar-refractivity contribution is 0.112. The lowest BCUT2D eigenvalue weighted by atomic mass is 9.80. The van der Waals surface area contributed by atoms with E-state index in [0.29, 0.717) is 23.4 Å². The number of aryl methyl sites for hydroxylation is 1. The number of carbonyl (C=O) groups is 1. The van der Waals surface area contributed by atoms with Gasteiger partial charge in [-0.1, -0.05) is 23.9 Å². The van der Waals surface area contributed by atoms with Crippen LogP contribution in [0.5, 0.6) is 0 Å². The van der Waals surface area contributed by atoms with E-state index in [1.165, 1.54) is 30.0 Å². The van der Waals surface area contributed by atoms with E-state index in [4.69, 9.17) is 0 Å². The molecular formula is C25H23FN2OS. The summed E-state index contributed by atoms with van der Waals surface area (Å²) >= 11 is 1.61. The van der Waals surface area contributed by atoms with E-state index in [1.807, 2.05) is 6.07 Å². The Morgan fingerprint density at radius 2 is 2.03 bits per heavy atom. The average molecular weight is 419 g/mol. The molecule has 0 spiro atoms. The van der Waals surface area contributed by atoms with Crippen LogP contribution < -0.4 is 5.32 Å². The number of carbonyl (C=O) groups excluding carboxylic acids is 1. The number of aromatic nitrogens is 1. The Labute approximate surface area is 180 Å². The first-order chi connectivity index (χ1) is 14.7. The third kappa shape index (κ3) is 3.99. The van der Waals surface area contributed by atoms with Crippen molar-refractivity contribution in [3.63, 3.8) is 0 Å². The second-order valence-corrected chi connectivity index (χ2v) is 9.30. The summed E-state index contributed by atoms with van der Waals surface area (Å²) in [6.45, 7) is 0. The highest BCUT2D eigenvalue weighted by atomic mass is 32.2. The summed E-state index contributed by atoms with van der Waals surface area (Å²) in [5.74, 6) is 0.943. The Morgan fingerprint density at radius 3 is 2.90 bits per heavy atom. The van der Waals surface area contributed by atoms with Crippen molar-refractivity contribution < 1.29 is 9.18 Å². The molecule has 3 aromatic rings. The molecule has 0 aliphatic heterocycles. The molecule has 2 unspecified atom stereocenters. The van der Waals surface area contributed by atoms with Crippen molar-refractivity contribution in [3.8, 4) is 0 Å². The standard InChI is InChI=1S/C25H23FN2OS/c26-18-4-2-5-19(12-18)30-20-7-8-21-16(11-20)3-1-6-22(21)23-13-24(23)28-25-14-27-10-9-17(25)15-29/h2,4-5,7-12,14-15,22-24,28H,1,3,6,13H2/t22?,23-,24?/m1/s1. The average Bonchev–Trinajstić information content (AvgIpc) is 3.52. The van der Waals surface area contributed by atoms with Crippen molar-refractivity contribution in [2.75, 3.05) is 5.32 Å². The normalized spacial score (nSPS) is 22.2. The van der Waals surface area contributed by atoms with Crippen molar-refractivity contribution >= 4 is 23.7 Å². The van der Waals surface area contributed by atoms with Gasteiger partial charge in [-0.15, -0.1) is 0 Å². The summed E-state index contributed by atoms with van der Waals surface area (Å²) in [5, 5.41) is 3.53. The first-order valence-electron chi connectivity index (χ1n) is 10.4. The van der Waals surface area contributed by atoms with Gasteiger partial charge >= 0.3 is 0 Å². The van der Waals surface area contributed by atoms with Gasteiger partial charge < -0.3 is 5.32 Å². The van der Waals surface area contributed by atoms with Gasteiger partial charge in [0.2, 0.25) is 0 Å². The number of anilines is 1. The topological polar surface area (TPSA) is 42.0 Å². The highest BCUT2D eigenvalue weighted by molar-refractivity contribution is 7.99. The first-order valence-corrected chi connectivity index (χ1v) is 11.2. The van der Waals surface area contributed by atoms with Gasteiger partial charge in [0.05, 0.1) is 11.9 Å². The third-order valence-electron chi connectivity index (χ3n) is 6.19. The van der Waals surface area contributed by atoms with E-state index in [2.05, 4.69) is 28.5 Å². The zero-order chi connectivity index (χ0) is 20.5. The monoisotopic (exact) mass is 418 g/mol. The molecular weight excluding hydrogens is 395 g/mol.